The molecule has 0 radical (unpaired) electrons. The molecule has 0 saturated heterocycles. The molecule has 0 aliphatic carbocycles. The molecule has 0 spiro atoms. The number of benzene rings is 1. The molecule has 0 aromatic heterocycles. The van der Waals surface area contributed by atoms with Crippen LogP contribution in [-0.2, 0) is 14.6 Å². The van der Waals surface area contributed by atoms with Gasteiger partial charge in [0.1, 0.15) is 5.75 Å². The standard InChI is InChI=1S/C14H19NO6/c1-10(16)19-12-7-5-11(6-8-12)13(9-15(17)18)20-21-14(2,3)4/h5-8,13H,9H2,1-4H3. The summed E-state index contributed by atoms with van der Waals surface area (Å²) in [4.78, 5) is 31.4. The number of carbonyl (C=O) groups is 1. The highest BCUT2D eigenvalue weighted by Gasteiger charge is 2.23. The molecule has 0 aliphatic rings. The number of esters is 1. The molecule has 1 aromatic carbocycles. The van der Waals surface area contributed by atoms with E-state index in [-0.39, 0.29) is 0 Å². The number of hydrogen-bond donors (Lipinski definition) is 0. The topological polar surface area (TPSA) is 87.9 Å². The van der Waals surface area contributed by atoms with Gasteiger partial charge in [-0.15, -0.1) is 0 Å². The summed E-state index contributed by atoms with van der Waals surface area (Å²) in [6.45, 7) is 6.20. The van der Waals surface area contributed by atoms with Gasteiger partial charge in [-0.2, -0.15) is 0 Å². The summed E-state index contributed by atoms with van der Waals surface area (Å²) in [6.07, 6.45) is -0.842. The summed E-state index contributed by atoms with van der Waals surface area (Å²) in [7, 11) is 0. The van der Waals surface area contributed by atoms with Gasteiger partial charge in [0, 0.05) is 11.8 Å². The highest BCUT2D eigenvalue weighted by Crippen LogP contribution is 2.23. The molecule has 7 nitrogen and oxygen atoms in total. The Bertz CT molecular complexity index is 491. The number of nitro groups is 1. The molecule has 0 aliphatic heterocycles. The Labute approximate surface area is 122 Å². The largest absolute Gasteiger partial charge is 0.427 e. The monoisotopic (exact) mass is 297 g/mol. The van der Waals surface area contributed by atoms with Gasteiger partial charge < -0.3 is 4.74 Å². The summed E-state index contributed by atoms with van der Waals surface area (Å²) in [5.41, 5.74) is -0.0150. The minimum absolute atomic E-state index is 0.364. The number of ether oxygens (including phenoxy) is 1. The van der Waals surface area contributed by atoms with Gasteiger partial charge in [0.15, 0.2) is 6.10 Å². The fourth-order valence-electron chi connectivity index (χ4n) is 1.45. The minimum atomic E-state index is -0.842. The molecule has 0 bridgehead atoms. The van der Waals surface area contributed by atoms with Crippen LogP contribution in [0.5, 0.6) is 5.75 Å². The summed E-state index contributed by atoms with van der Waals surface area (Å²) >= 11 is 0. The molecule has 7 heteroatoms. The van der Waals surface area contributed by atoms with Crippen molar-refractivity contribution in [3.8, 4) is 5.75 Å². The third-order valence-corrected chi connectivity index (χ3v) is 2.24. The lowest BCUT2D eigenvalue weighted by Crippen LogP contribution is -2.24. The van der Waals surface area contributed by atoms with Gasteiger partial charge in [-0.05, 0) is 38.5 Å². The van der Waals surface area contributed by atoms with Crippen molar-refractivity contribution in [2.75, 3.05) is 6.54 Å². The van der Waals surface area contributed by atoms with Crippen molar-refractivity contribution in [1.82, 2.24) is 0 Å². The van der Waals surface area contributed by atoms with Gasteiger partial charge in [-0.1, -0.05) is 12.1 Å². The predicted molar refractivity (Wildman–Crippen MR) is 74.3 cm³/mol. The zero-order chi connectivity index (χ0) is 16.0. The Hall–Kier alpha value is -1.99. The third-order valence-electron chi connectivity index (χ3n) is 2.24. The highest BCUT2D eigenvalue weighted by molar-refractivity contribution is 5.69. The number of hydrogen-bond acceptors (Lipinski definition) is 6. The molecule has 0 heterocycles. The molecule has 1 atom stereocenters. The van der Waals surface area contributed by atoms with Crippen LogP contribution in [0.2, 0.25) is 0 Å². The Morgan fingerprint density at radius 2 is 1.86 bits per heavy atom. The van der Waals surface area contributed by atoms with E-state index in [9.17, 15) is 14.9 Å². The van der Waals surface area contributed by atoms with Crippen molar-refractivity contribution in [2.24, 2.45) is 0 Å². The van der Waals surface area contributed by atoms with E-state index in [0.29, 0.717) is 11.3 Å². The van der Waals surface area contributed by atoms with Crippen molar-refractivity contribution < 1.29 is 24.2 Å². The number of carbonyl (C=O) groups excluding carboxylic acids is 1. The smallest absolute Gasteiger partial charge is 0.308 e. The van der Waals surface area contributed by atoms with Gasteiger partial charge in [-0.3, -0.25) is 14.9 Å². The van der Waals surface area contributed by atoms with Gasteiger partial charge in [0.2, 0.25) is 6.54 Å². The molecule has 0 fully saturated rings. The lowest BCUT2D eigenvalue weighted by molar-refractivity contribution is -0.513. The van der Waals surface area contributed by atoms with Crippen LogP contribution in [0, 0.1) is 10.1 Å². The predicted octanol–water partition coefficient (Wildman–Crippen LogP) is 2.68. The highest BCUT2D eigenvalue weighted by atomic mass is 17.2. The lowest BCUT2D eigenvalue weighted by atomic mass is 10.1. The van der Waals surface area contributed by atoms with E-state index in [1.54, 1.807) is 45.0 Å². The first kappa shape index (κ1) is 17.1. The Morgan fingerprint density at radius 1 is 1.29 bits per heavy atom. The fourth-order valence-corrected chi connectivity index (χ4v) is 1.45. The van der Waals surface area contributed by atoms with Crippen LogP contribution in [0.4, 0.5) is 0 Å². The van der Waals surface area contributed by atoms with Crippen LogP contribution in [0.25, 0.3) is 0 Å². The minimum Gasteiger partial charge on any atom is -0.427 e. The van der Waals surface area contributed by atoms with Gasteiger partial charge >= 0.3 is 5.97 Å². The van der Waals surface area contributed by atoms with Crippen molar-refractivity contribution in [3.05, 3.63) is 39.9 Å². The van der Waals surface area contributed by atoms with Gasteiger partial charge in [-0.25, -0.2) is 9.78 Å². The second kappa shape index (κ2) is 7.14. The summed E-state index contributed by atoms with van der Waals surface area (Å²) in [5, 5.41) is 10.7. The van der Waals surface area contributed by atoms with Gasteiger partial charge in [0.25, 0.3) is 0 Å². The molecule has 1 unspecified atom stereocenters. The molecular weight excluding hydrogens is 278 g/mol. The normalized spacial score (nSPS) is 12.8. The van der Waals surface area contributed by atoms with E-state index >= 15 is 0 Å². The van der Waals surface area contributed by atoms with E-state index in [0.717, 1.165) is 0 Å². The van der Waals surface area contributed by atoms with Crippen LogP contribution in [0.15, 0.2) is 24.3 Å². The van der Waals surface area contributed by atoms with Crippen molar-refractivity contribution >= 4 is 5.97 Å². The molecule has 0 saturated carbocycles. The van der Waals surface area contributed by atoms with Crippen LogP contribution < -0.4 is 4.74 Å². The summed E-state index contributed by atoms with van der Waals surface area (Å²) < 4.78 is 4.90. The maximum atomic E-state index is 10.8. The molecule has 116 valence electrons. The zero-order valence-corrected chi connectivity index (χ0v) is 12.5. The van der Waals surface area contributed by atoms with E-state index in [1.807, 2.05) is 0 Å². The van der Waals surface area contributed by atoms with Gasteiger partial charge in [0.05, 0.1) is 5.60 Å². The zero-order valence-electron chi connectivity index (χ0n) is 12.5. The number of rotatable bonds is 6. The average Bonchev–Trinajstić information content (AvgIpc) is 2.33. The first-order chi connectivity index (χ1) is 9.67. The quantitative estimate of drug-likeness (QED) is 0.264. The van der Waals surface area contributed by atoms with Crippen molar-refractivity contribution in [2.45, 2.75) is 39.4 Å². The Morgan fingerprint density at radius 3 is 2.29 bits per heavy atom. The lowest BCUT2D eigenvalue weighted by Gasteiger charge is -2.21. The average molecular weight is 297 g/mol. The van der Waals surface area contributed by atoms with Crippen LogP contribution >= 0.6 is 0 Å². The molecular formula is C14H19NO6. The Kier molecular flexibility index (Phi) is 5.80. The van der Waals surface area contributed by atoms with Crippen molar-refractivity contribution in [3.63, 3.8) is 0 Å². The summed E-state index contributed by atoms with van der Waals surface area (Å²) in [5.74, 6) is -0.0697. The Balaban J connectivity index is 2.82. The molecule has 21 heavy (non-hydrogen) atoms. The summed E-state index contributed by atoms with van der Waals surface area (Å²) in [6, 6.07) is 6.28. The van der Waals surface area contributed by atoms with E-state index in [4.69, 9.17) is 14.5 Å². The maximum Gasteiger partial charge on any atom is 0.308 e. The maximum absolute atomic E-state index is 10.8. The van der Waals surface area contributed by atoms with E-state index < -0.39 is 29.1 Å². The SMILES string of the molecule is CC(=O)Oc1ccc(C(C[N+](=O)[O-])OOC(C)(C)C)cc1. The van der Waals surface area contributed by atoms with Crippen molar-refractivity contribution in [1.29, 1.82) is 0 Å². The molecule has 0 amide bonds. The van der Waals surface area contributed by atoms with Crippen LogP contribution in [-0.4, -0.2) is 23.0 Å². The first-order valence-electron chi connectivity index (χ1n) is 6.42. The van der Waals surface area contributed by atoms with E-state index in [1.165, 1.54) is 6.92 Å². The fraction of sp³-hybridized carbons (Fsp3) is 0.500. The third kappa shape index (κ3) is 6.82. The van der Waals surface area contributed by atoms with Crippen LogP contribution in [0.1, 0.15) is 39.4 Å². The first-order valence-corrected chi connectivity index (χ1v) is 6.42. The van der Waals surface area contributed by atoms with E-state index in [2.05, 4.69) is 0 Å². The number of nitrogens with zero attached hydrogens (tertiary/aromatic N) is 1. The second-order valence-corrected chi connectivity index (χ2v) is 5.46. The molecule has 1 rings (SSSR count). The molecule has 0 N–H and O–H groups in total. The van der Waals surface area contributed by atoms with Crippen LogP contribution in [0.3, 0.4) is 0 Å². The molecule has 1 aromatic rings. The second-order valence-electron chi connectivity index (χ2n) is 5.46.